The van der Waals surface area contributed by atoms with Gasteiger partial charge in [0.1, 0.15) is 0 Å². The Morgan fingerprint density at radius 2 is 1.64 bits per heavy atom. The van der Waals surface area contributed by atoms with Crippen LogP contribution in [0.3, 0.4) is 0 Å². The van der Waals surface area contributed by atoms with E-state index < -0.39 is 0 Å². The smallest absolute Gasteiger partial charge is 0.0349 e. The first-order valence-electron chi connectivity index (χ1n) is 5.29. The van der Waals surface area contributed by atoms with Crippen LogP contribution in [0, 0.1) is 29.6 Å². The van der Waals surface area contributed by atoms with Gasteiger partial charge in [-0.3, -0.25) is 0 Å². The highest BCUT2D eigenvalue weighted by molar-refractivity contribution is 5.04. The van der Waals surface area contributed by atoms with Crippen LogP contribution in [-0.2, 0) is 0 Å². The molecular formula is C11H20. The van der Waals surface area contributed by atoms with Gasteiger partial charge in [-0.1, -0.05) is 33.6 Å². The first kappa shape index (κ1) is 7.64. The highest BCUT2D eigenvalue weighted by atomic mass is 14.6. The molecule has 0 heterocycles. The fraction of sp³-hybridized carbons (Fsp3) is 1.00. The van der Waals surface area contributed by atoms with Crippen molar-refractivity contribution < 1.29 is 0 Å². The average Bonchev–Trinajstić information content (AvgIpc) is 2.73. The average molecular weight is 152 g/mol. The molecular weight excluding hydrogens is 132 g/mol. The minimum atomic E-state index is 1.05. The molecule has 2 rings (SSSR count). The van der Waals surface area contributed by atoms with Crippen LogP contribution in [0.2, 0.25) is 0 Å². The van der Waals surface area contributed by atoms with E-state index in [1.54, 1.807) is 6.42 Å². The van der Waals surface area contributed by atoms with Gasteiger partial charge < -0.3 is 0 Å². The minimum Gasteiger partial charge on any atom is -0.0651 e. The van der Waals surface area contributed by atoms with Crippen molar-refractivity contribution in [2.75, 3.05) is 0 Å². The molecule has 0 saturated heterocycles. The summed E-state index contributed by atoms with van der Waals surface area (Å²) in [5.74, 6) is 5.52. The quantitative estimate of drug-likeness (QED) is 0.569. The van der Waals surface area contributed by atoms with Crippen molar-refractivity contribution in [1.29, 1.82) is 0 Å². The molecule has 64 valence electrons. The summed E-state index contributed by atoms with van der Waals surface area (Å²) in [5.41, 5.74) is 0. The third kappa shape index (κ3) is 0.947. The Hall–Kier alpha value is 0. The second-order valence-corrected chi connectivity index (χ2v) is 4.57. The van der Waals surface area contributed by atoms with Gasteiger partial charge in [0, 0.05) is 0 Å². The largest absolute Gasteiger partial charge is 0.0651 e. The molecule has 2 fully saturated rings. The minimum absolute atomic E-state index is 1.05. The van der Waals surface area contributed by atoms with E-state index >= 15 is 0 Å². The third-order valence-corrected chi connectivity index (χ3v) is 4.28. The number of fused-ring (bicyclic) bond motifs is 1. The first-order valence-corrected chi connectivity index (χ1v) is 5.29. The van der Waals surface area contributed by atoms with Crippen LogP contribution in [0.25, 0.3) is 0 Å². The van der Waals surface area contributed by atoms with Gasteiger partial charge in [0.15, 0.2) is 0 Å². The Balaban J connectivity index is 2.07. The maximum absolute atomic E-state index is 2.48. The van der Waals surface area contributed by atoms with E-state index in [1.165, 1.54) is 12.8 Å². The Morgan fingerprint density at radius 1 is 1.00 bits per heavy atom. The van der Waals surface area contributed by atoms with E-state index in [-0.39, 0.29) is 0 Å². The van der Waals surface area contributed by atoms with Crippen LogP contribution >= 0.6 is 0 Å². The summed E-state index contributed by atoms with van der Waals surface area (Å²) in [4.78, 5) is 0. The van der Waals surface area contributed by atoms with Crippen molar-refractivity contribution in [3.63, 3.8) is 0 Å². The lowest BCUT2D eigenvalue weighted by atomic mass is 9.82. The van der Waals surface area contributed by atoms with E-state index in [4.69, 9.17) is 0 Å². The zero-order valence-electron chi connectivity index (χ0n) is 8.01. The van der Waals surface area contributed by atoms with Gasteiger partial charge in [-0.2, -0.15) is 0 Å². The Bertz CT molecular complexity index is 146. The predicted octanol–water partition coefficient (Wildman–Crippen LogP) is 3.32. The van der Waals surface area contributed by atoms with Crippen molar-refractivity contribution in [1.82, 2.24) is 0 Å². The number of hydrogen-bond acceptors (Lipinski definition) is 0. The molecule has 0 spiro atoms. The summed E-state index contributed by atoms with van der Waals surface area (Å²) >= 11 is 0. The number of rotatable bonds is 2. The van der Waals surface area contributed by atoms with Gasteiger partial charge in [0.05, 0.1) is 0 Å². The van der Waals surface area contributed by atoms with Crippen molar-refractivity contribution in [2.24, 2.45) is 29.6 Å². The van der Waals surface area contributed by atoms with Crippen LogP contribution in [0.1, 0.15) is 40.0 Å². The maximum Gasteiger partial charge on any atom is -0.0349 e. The van der Waals surface area contributed by atoms with E-state index in [1.807, 2.05) is 0 Å². The molecule has 5 atom stereocenters. The lowest BCUT2D eigenvalue weighted by molar-refractivity contribution is 0.258. The highest BCUT2D eigenvalue weighted by Crippen LogP contribution is 2.62. The standard InChI is InChI=1S/C11H20/c1-4-8-7(3)10-6-11(10)9(8)5-2/h7-11H,4-6H2,1-3H3. The van der Waals surface area contributed by atoms with E-state index in [2.05, 4.69) is 20.8 Å². The normalized spacial score (nSPS) is 54.3. The Labute approximate surface area is 70.4 Å². The molecule has 0 aromatic heterocycles. The van der Waals surface area contributed by atoms with E-state index in [0.29, 0.717) is 0 Å². The molecule has 11 heavy (non-hydrogen) atoms. The van der Waals surface area contributed by atoms with Crippen molar-refractivity contribution in [2.45, 2.75) is 40.0 Å². The molecule has 0 bridgehead atoms. The topological polar surface area (TPSA) is 0 Å². The van der Waals surface area contributed by atoms with Gasteiger partial charge in [-0.25, -0.2) is 0 Å². The van der Waals surface area contributed by atoms with Crippen LogP contribution in [-0.4, -0.2) is 0 Å². The molecule has 0 amide bonds. The molecule has 0 aliphatic heterocycles. The van der Waals surface area contributed by atoms with Gasteiger partial charge in [0.25, 0.3) is 0 Å². The third-order valence-electron chi connectivity index (χ3n) is 4.28. The molecule has 0 heteroatoms. The fourth-order valence-corrected chi connectivity index (χ4v) is 3.64. The van der Waals surface area contributed by atoms with Crippen LogP contribution < -0.4 is 0 Å². The van der Waals surface area contributed by atoms with E-state index in [9.17, 15) is 0 Å². The summed E-state index contributed by atoms with van der Waals surface area (Å²) < 4.78 is 0. The van der Waals surface area contributed by atoms with Gasteiger partial charge in [0.2, 0.25) is 0 Å². The molecule has 0 radical (unpaired) electrons. The fourth-order valence-electron chi connectivity index (χ4n) is 3.64. The lowest BCUT2D eigenvalue weighted by Gasteiger charge is -2.23. The molecule has 2 aliphatic carbocycles. The van der Waals surface area contributed by atoms with Crippen molar-refractivity contribution in [3.8, 4) is 0 Å². The molecule has 5 unspecified atom stereocenters. The summed E-state index contributed by atoms with van der Waals surface area (Å²) in [7, 11) is 0. The van der Waals surface area contributed by atoms with Crippen molar-refractivity contribution in [3.05, 3.63) is 0 Å². The Morgan fingerprint density at radius 3 is 2.09 bits per heavy atom. The van der Waals surface area contributed by atoms with Crippen LogP contribution in [0.15, 0.2) is 0 Å². The zero-order chi connectivity index (χ0) is 8.01. The number of hydrogen-bond donors (Lipinski definition) is 0. The van der Waals surface area contributed by atoms with Crippen LogP contribution in [0.5, 0.6) is 0 Å². The summed E-state index contributed by atoms with van der Waals surface area (Å²) in [6.45, 7) is 7.23. The first-order chi connectivity index (χ1) is 5.29. The Kier molecular flexibility index (Phi) is 1.74. The molecule has 2 aliphatic rings. The van der Waals surface area contributed by atoms with Gasteiger partial charge in [-0.05, 0) is 36.0 Å². The zero-order valence-corrected chi connectivity index (χ0v) is 8.01. The van der Waals surface area contributed by atoms with Gasteiger partial charge >= 0.3 is 0 Å². The van der Waals surface area contributed by atoms with Gasteiger partial charge in [-0.15, -0.1) is 0 Å². The SMILES string of the molecule is CCC1C(C)C2CC2C1CC. The van der Waals surface area contributed by atoms with Crippen molar-refractivity contribution >= 4 is 0 Å². The van der Waals surface area contributed by atoms with Crippen LogP contribution in [0.4, 0.5) is 0 Å². The highest BCUT2D eigenvalue weighted by Gasteiger charge is 2.55. The summed E-state index contributed by atoms with van der Waals surface area (Å²) in [6, 6.07) is 0. The molecule has 0 aromatic rings. The summed E-state index contributed by atoms with van der Waals surface area (Å²) in [6.07, 6.45) is 4.42. The summed E-state index contributed by atoms with van der Waals surface area (Å²) in [5, 5.41) is 0. The molecule has 2 saturated carbocycles. The van der Waals surface area contributed by atoms with E-state index in [0.717, 1.165) is 29.6 Å². The molecule has 0 aromatic carbocycles. The maximum atomic E-state index is 2.48. The second-order valence-electron chi connectivity index (χ2n) is 4.57. The second kappa shape index (κ2) is 2.50. The lowest BCUT2D eigenvalue weighted by Crippen LogP contribution is -2.16. The molecule has 0 nitrogen and oxygen atoms in total. The molecule has 0 N–H and O–H groups in total. The predicted molar refractivity (Wildman–Crippen MR) is 48.3 cm³/mol. The monoisotopic (exact) mass is 152 g/mol.